The first-order valence-electron chi connectivity index (χ1n) is 11.6. The summed E-state index contributed by atoms with van der Waals surface area (Å²) >= 11 is 4.86. The quantitative estimate of drug-likeness (QED) is 0.330. The zero-order valence-electron chi connectivity index (χ0n) is 20.2. The Morgan fingerprint density at radius 1 is 1.08 bits per heavy atom. The van der Waals surface area contributed by atoms with Crippen molar-refractivity contribution in [2.45, 2.75) is 20.5 Å². The number of rotatable bonds is 7. The van der Waals surface area contributed by atoms with Gasteiger partial charge in [0.05, 0.1) is 16.7 Å². The Labute approximate surface area is 227 Å². The minimum Gasteiger partial charge on any atom is -0.490 e. The van der Waals surface area contributed by atoms with Crippen LogP contribution in [0.1, 0.15) is 29.2 Å². The number of amidine groups is 2. The van der Waals surface area contributed by atoms with E-state index < -0.39 is 5.91 Å². The van der Waals surface area contributed by atoms with Gasteiger partial charge >= 0.3 is 0 Å². The normalized spacial score (nSPS) is 16.0. The Morgan fingerprint density at radius 2 is 1.84 bits per heavy atom. The summed E-state index contributed by atoms with van der Waals surface area (Å²) in [6.45, 7) is 4.74. The Kier molecular flexibility index (Phi) is 7.25. The topological polar surface area (TPSA) is 87.3 Å². The molecule has 0 saturated carbocycles. The summed E-state index contributed by atoms with van der Waals surface area (Å²) in [5.74, 6) is 0.599. The van der Waals surface area contributed by atoms with Crippen molar-refractivity contribution in [2.75, 3.05) is 6.61 Å². The van der Waals surface area contributed by atoms with E-state index in [0.717, 1.165) is 16.7 Å². The SMILES string of the molecule is CCOc1cc(/C=C2/C(=N)N3N=C(c4ccc(C)cc4)SC3=NC2=O)cc(Br)c1OCc1ccccc1. The third-order valence-electron chi connectivity index (χ3n) is 5.62. The number of aryl methyl sites for hydroxylation is 1. The molecule has 0 aromatic heterocycles. The van der Waals surface area contributed by atoms with E-state index in [1.54, 1.807) is 12.1 Å². The lowest BCUT2D eigenvalue weighted by Crippen LogP contribution is -2.35. The van der Waals surface area contributed by atoms with Gasteiger partial charge in [0.1, 0.15) is 11.7 Å². The summed E-state index contributed by atoms with van der Waals surface area (Å²) < 4.78 is 12.6. The first-order chi connectivity index (χ1) is 17.9. The van der Waals surface area contributed by atoms with Gasteiger partial charge in [-0.05, 0) is 70.9 Å². The number of nitrogens with zero attached hydrogens (tertiary/aromatic N) is 3. The first-order valence-corrected chi connectivity index (χ1v) is 13.2. The van der Waals surface area contributed by atoms with Crippen molar-refractivity contribution in [3.05, 3.63) is 99.0 Å². The van der Waals surface area contributed by atoms with Crippen molar-refractivity contribution in [1.82, 2.24) is 5.01 Å². The van der Waals surface area contributed by atoms with E-state index in [0.29, 0.717) is 45.0 Å². The smallest absolute Gasteiger partial charge is 0.283 e. The van der Waals surface area contributed by atoms with Gasteiger partial charge in [0.25, 0.3) is 5.91 Å². The highest BCUT2D eigenvalue weighted by Crippen LogP contribution is 2.39. The molecular weight excluding hydrogens is 552 g/mol. The van der Waals surface area contributed by atoms with Gasteiger partial charge in [0.15, 0.2) is 17.3 Å². The standard InChI is InChI=1S/C28H23BrN4O3S/c1-3-35-23-15-19(14-22(29)24(23)36-16-18-7-5-4-6-8-18)13-21-25(30)33-28(31-26(21)34)37-27(32-33)20-11-9-17(2)10-12-20/h4-15,30H,3,16H2,1-2H3/b21-13-,30-25?. The number of benzene rings is 3. The van der Waals surface area contributed by atoms with Crippen LogP contribution in [0.25, 0.3) is 6.08 Å². The molecule has 5 rings (SSSR count). The Hall–Kier alpha value is -3.69. The molecule has 186 valence electrons. The molecule has 0 saturated heterocycles. The number of nitrogens with one attached hydrogen (secondary N) is 1. The minimum absolute atomic E-state index is 0.0249. The molecule has 7 nitrogen and oxygen atoms in total. The molecule has 3 aromatic carbocycles. The van der Waals surface area contributed by atoms with E-state index in [1.807, 2.05) is 74.5 Å². The number of carbonyl (C=O) groups excluding carboxylic acids is 1. The number of halogens is 1. The van der Waals surface area contributed by atoms with E-state index >= 15 is 0 Å². The molecule has 1 amide bonds. The van der Waals surface area contributed by atoms with Crippen molar-refractivity contribution in [2.24, 2.45) is 10.1 Å². The molecule has 0 bridgehead atoms. The van der Waals surface area contributed by atoms with Crippen molar-refractivity contribution in [1.29, 1.82) is 5.41 Å². The summed E-state index contributed by atoms with van der Waals surface area (Å²) in [6, 6.07) is 21.4. The maximum Gasteiger partial charge on any atom is 0.283 e. The van der Waals surface area contributed by atoms with Crippen molar-refractivity contribution >= 4 is 55.7 Å². The average molecular weight is 575 g/mol. The van der Waals surface area contributed by atoms with Crippen LogP contribution in [0.5, 0.6) is 11.5 Å². The highest BCUT2D eigenvalue weighted by Gasteiger charge is 2.36. The first kappa shape index (κ1) is 25.0. The third-order valence-corrected chi connectivity index (χ3v) is 7.17. The van der Waals surface area contributed by atoms with Gasteiger partial charge < -0.3 is 9.47 Å². The zero-order chi connectivity index (χ0) is 25.9. The Bertz CT molecular complexity index is 1470. The van der Waals surface area contributed by atoms with E-state index in [2.05, 4.69) is 26.0 Å². The molecule has 37 heavy (non-hydrogen) atoms. The average Bonchev–Trinajstić information content (AvgIpc) is 3.31. The molecular formula is C28H23BrN4O3S. The molecule has 0 unspecified atom stereocenters. The van der Waals surface area contributed by atoms with Gasteiger partial charge in [-0.1, -0.05) is 60.2 Å². The molecule has 0 radical (unpaired) electrons. The number of hydrogen-bond acceptors (Lipinski definition) is 6. The number of amides is 1. The second kappa shape index (κ2) is 10.7. The number of fused-ring (bicyclic) bond motifs is 1. The fourth-order valence-electron chi connectivity index (χ4n) is 3.78. The number of hydrogen-bond donors (Lipinski definition) is 1. The highest BCUT2D eigenvalue weighted by atomic mass is 79.9. The van der Waals surface area contributed by atoms with E-state index in [9.17, 15) is 4.79 Å². The maximum absolute atomic E-state index is 12.9. The van der Waals surface area contributed by atoms with Gasteiger partial charge in [0, 0.05) is 5.56 Å². The molecule has 2 aliphatic heterocycles. The van der Waals surface area contributed by atoms with E-state index in [1.165, 1.54) is 16.8 Å². The summed E-state index contributed by atoms with van der Waals surface area (Å²) in [7, 11) is 0. The van der Waals surface area contributed by atoms with Crippen molar-refractivity contribution in [3.8, 4) is 11.5 Å². The Morgan fingerprint density at radius 3 is 2.57 bits per heavy atom. The second-order valence-electron chi connectivity index (χ2n) is 8.33. The van der Waals surface area contributed by atoms with Gasteiger partial charge in [0.2, 0.25) is 5.17 Å². The van der Waals surface area contributed by atoms with Crippen LogP contribution in [0.2, 0.25) is 0 Å². The van der Waals surface area contributed by atoms with Gasteiger partial charge in [-0.2, -0.15) is 15.1 Å². The number of thioether (sulfide) groups is 1. The van der Waals surface area contributed by atoms with Gasteiger partial charge in [-0.15, -0.1) is 0 Å². The summed E-state index contributed by atoms with van der Waals surface area (Å²) in [6.07, 6.45) is 1.63. The Balaban J connectivity index is 1.43. The highest BCUT2D eigenvalue weighted by molar-refractivity contribution is 9.10. The van der Waals surface area contributed by atoms with Crippen LogP contribution >= 0.6 is 27.7 Å². The lowest BCUT2D eigenvalue weighted by Gasteiger charge is -2.20. The monoisotopic (exact) mass is 574 g/mol. The van der Waals surface area contributed by atoms with Gasteiger partial charge in [-0.3, -0.25) is 10.2 Å². The second-order valence-corrected chi connectivity index (χ2v) is 10.1. The summed E-state index contributed by atoms with van der Waals surface area (Å²) in [5.41, 5.74) is 3.90. The molecule has 0 spiro atoms. The van der Waals surface area contributed by atoms with Crippen LogP contribution in [0.15, 0.2) is 86.9 Å². The number of carbonyl (C=O) groups is 1. The maximum atomic E-state index is 12.9. The number of aliphatic imine (C=N–C) groups is 1. The minimum atomic E-state index is -0.484. The van der Waals surface area contributed by atoms with Crippen LogP contribution in [-0.2, 0) is 11.4 Å². The van der Waals surface area contributed by atoms with Crippen LogP contribution < -0.4 is 9.47 Å². The zero-order valence-corrected chi connectivity index (χ0v) is 22.6. The van der Waals surface area contributed by atoms with Crippen LogP contribution in [0.3, 0.4) is 0 Å². The summed E-state index contributed by atoms with van der Waals surface area (Å²) in [4.78, 5) is 17.1. The summed E-state index contributed by atoms with van der Waals surface area (Å²) in [5, 5.41) is 15.7. The predicted molar refractivity (Wildman–Crippen MR) is 151 cm³/mol. The molecule has 2 aliphatic rings. The van der Waals surface area contributed by atoms with E-state index in [4.69, 9.17) is 14.9 Å². The van der Waals surface area contributed by atoms with Crippen molar-refractivity contribution in [3.63, 3.8) is 0 Å². The van der Waals surface area contributed by atoms with Crippen LogP contribution in [0, 0.1) is 12.3 Å². The molecule has 3 aromatic rings. The lowest BCUT2D eigenvalue weighted by atomic mass is 10.1. The molecule has 9 heteroatoms. The largest absolute Gasteiger partial charge is 0.490 e. The predicted octanol–water partition coefficient (Wildman–Crippen LogP) is 6.40. The van der Waals surface area contributed by atoms with Crippen molar-refractivity contribution < 1.29 is 14.3 Å². The van der Waals surface area contributed by atoms with Crippen LogP contribution in [-0.4, -0.2) is 33.6 Å². The molecule has 1 N–H and O–H groups in total. The number of ether oxygens (including phenoxy) is 2. The lowest BCUT2D eigenvalue weighted by molar-refractivity contribution is -0.114. The molecule has 2 heterocycles. The van der Waals surface area contributed by atoms with Gasteiger partial charge in [-0.25, -0.2) is 0 Å². The fraction of sp³-hybridized carbons (Fsp3) is 0.143. The fourth-order valence-corrected chi connectivity index (χ4v) is 5.25. The molecule has 0 aliphatic carbocycles. The number of hydrazone groups is 1. The molecule has 0 fully saturated rings. The van der Waals surface area contributed by atoms with E-state index in [-0.39, 0.29) is 11.4 Å². The molecule has 0 atom stereocenters. The third kappa shape index (κ3) is 5.38. The van der Waals surface area contributed by atoms with Crippen LogP contribution in [0.4, 0.5) is 0 Å².